The monoisotopic (exact) mass is 486 g/mol. The van der Waals surface area contributed by atoms with Crippen LogP contribution in [0.3, 0.4) is 0 Å². The molecule has 4 rings (SSSR count). The summed E-state index contributed by atoms with van der Waals surface area (Å²) >= 11 is 0. The molecule has 3 N–H and O–H groups in total. The number of hydrogen-bond acceptors (Lipinski definition) is 4. The lowest BCUT2D eigenvalue weighted by atomic mass is 9.99. The van der Waals surface area contributed by atoms with Crippen LogP contribution in [0.25, 0.3) is 5.65 Å². The highest BCUT2D eigenvalue weighted by molar-refractivity contribution is 5.95. The number of nitrogens with one attached hydrogen (secondary N) is 2. The Morgan fingerprint density at radius 1 is 1.29 bits per heavy atom. The van der Waals surface area contributed by atoms with Gasteiger partial charge in [-0.15, -0.1) is 0 Å². The molecule has 186 valence electrons. The summed E-state index contributed by atoms with van der Waals surface area (Å²) < 4.78 is 35.7. The number of amides is 2. The number of halogens is 2. The summed E-state index contributed by atoms with van der Waals surface area (Å²) in [6.07, 6.45) is 3.14. The van der Waals surface area contributed by atoms with Crippen molar-refractivity contribution in [3.63, 3.8) is 0 Å². The van der Waals surface area contributed by atoms with E-state index in [1.165, 1.54) is 18.2 Å². The summed E-state index contributed by atoms with van der Waals surface area (Å²) in [5.74, 6) is -1.18. The van der Waals surface area contributed by atoms with Gasteiger partial charge in [-0.05, 0) is 62.8 Å². The molecule has 1 aromatic carbocycles. The van der Waals surface area contributed by atoms with E-state index in [4.69, 9.17) is 9.84 Å². The Kier molecular flexibility index (Phi) is 6.64. The van der Waals surface area contributed by atoms with Crippen LogP contribution in [0, 0.1) is 18.6 Å². The van der Waals surface area contributed by atoms with Crippen LogP contribution >= 0.6 is 0 Å². The van der Waals surface area contributed by atoms with Crippen molar-refractivity contribution in [2.45, 2.75) is 58.1 Å². The number of carboxylic acid groups (broad SMARTS) is 1. The van der Waals surface area contributed by atoms with E-state index in [-0.39, 0.29) is 18.7 Å². The number of carbonyl (C=O) groups is 2. The van der Waals surface area contributed by atoms with Gasteiger partial charge in [-0.25, -0.2) is 18.6 Å². The van der Waals surface area contributed by atoms with Gasteiger partial charge in [0.05, 0.1) is 16.8 Å². The van der Waals surface area contributed by atoms with Crippen LogP contribution in [0.4, 0.5) is 13.6 Å². The van der Waals surface area contributed by atoms with Crippen LogP contribution in [-0.4, -0.2) is 38.6 Å². The van der Waals surface area contributed by atoms with Gasteiger partial charge in [-0.2, -0.15) is 0 Å². The first kappa shape index (κ1) is 24.4. The molecule has 0 radical (unpaired) electrons. The second-order valence-electron chi connectivity index (χ2n) is 9.17. The zero-order valence-electron chi connectivity index (χ0n) is 19.8. The van der Waals surface area contributed by atoms with E-state index in [1.54, 1.807) is 18.2 Å². The number of aromatic nitrogens is 2. The maximum Gasteiger partial charge on any atom is 0.405 e. The molecule has 10 heteroatoms. The van der Waals surface area contributed by atoms with Crippen molar-refractivity contribution < 1.29 is 28.2 Å². The Labute approximate surface area is 201 Å². The number of rotatable bonds is 9. The molecule has 0 saturated heterocycles. The van der Waals surface area contributed by atoms with E-state index < -0.39 is 29.2 Å². The lowest BCUT2D eigenvalue weighted by Crippen LogP contribution is -2.52. The molecule has 0 aliphatic heterocycles. The van der Waals surface area contributed by atoms with E-state index in [1.807, 2.05) is 19.2 Å². The second-order valence-corrected chi connectivity index (χ2v) is 9.17. The van der Waals surface area contributed by atoms with E-state index in [0.717, 1.165) is 18.4 Å². The number of fused-ring (bicyclic) bond motifs is 1. The van der Waals surface area contributed by atoms with E-state index in [9.17, 15) is 18.4 Å². The van der Waals surface area contributed by atoms with Crippen molar-refractivity contribution >= 4 is 17.6 Å². The largest absolute Gasteiger partial charge is 0.485 e. The molecular weight excluding hydrogens is 458 g/mol. The lowest BCUT2D eigenvalue weighted by Gasteiger charge is -2.28. The quantitative estimate of drug-likeness (QED) is 0.412. The number of hydrogen-bond donors (Lipinski definition) is 3. The van der Waals surface area contributed by atoms with E-state index >= 15 is 0 Å². The third kappa shape index (κ3) is 5.21. The highest BCUT2D eigenvalue weighted by Crippen LogP contribution is 2.42. The zero-order chi connectivity index (χ0) is 25.3. The summed E-state index contributed by atoms with van der Waals surface area (Å²) in [6, 6.07) is 5.44. The molecule has 8 nitrogen and oxygen atoms in total. The molecule has 2 aromatic heterocycles. The van der Waals surface area contributed by atoms with Gasteiger partial charge in [0.2, 0.25) is 0 Å². The van der Waals surface area contributed by atoms with Crippen LogP contribution in [0.1, 0.15) is 66.3 Å². The number of imidazole rings is 1. The molecule has 0 bridgehead atoms. The molecule has 1 fully saturated rings. The van der Waals surface area contributed by atoms with Gasteiger partial charge in [0.25, 0.3) is 5.91 Å². The lowest BCUT2D eigenvalue weighted by molar-refractivity contribution is 0.0930. The second kappa shape index (κ2) is 9.52. The Morgan fingerprint density at radius 2 is 1.97 bits per heavy atom. The molecule has 1 aliphatic carbocycles. The van der Waals surface area contributed by atoms with Gasteiger partial charge >= 0.3 is 6.09 Å². The Balaban J connectivity index is 1.65. The first-order valence-electron chi connectivity index (χ1n) is 11.5. The number of benzene rings is 1. The molecule has 3 aromatic rings. The number of carbonyl (C=O) groups excluding carboxylic acids is 1. The predicted octanol–water partition coefficient (Wildman–Crippen LogP) is 4.54. The van der Waals surface area contributed by atoms with Gasteiger partial charge in [-0.1, -0.05) is 13.0 Å². The fourth-order valence-corrected chi connectivity index (χ4v) is 3.96. The maximum atomic E-state index is 14.1. The maximum absolute atomic E-state index is 14.1. The van der Waals surface area contributed by atoms with Gasteiger partial charge in [0.15, 0.2) is 11.4 Å². The van der Waals surface area contributed by atoms with Gasteiger partial charge in [0.1, 0.15) is 23.9 Å². The third-order valence-corrected chi connectivity index (χ3v) is 6.41. The van der Waals surface area contributed by atoms with Gasteiger partial charge < -0.3 is 20.5 Å². The van der Waals surface area contributed by atoms with E-state index in [2.05, 4.69) is 15.6 Å². The number of nitrogens with zero attached hydrogens (tertiary/aromatic N) is 2. The SMILES string of the molecule is CCC(C)(CNC(=O)c1c(C)nc2c(OCc3c(F)cccc3F)cc(C3CC3)cn12)NC(=O)O. The molecular formula is C25H28F2N4O4. The standard InChI is InChI=1S/C25H28F2N4O4/c1-4-25(3,30-24(33)34)13-28-23(32)21-14(2)29-22-20(10-16(11-31(21)22)15-8-9-15)35-12-17-18(26)6-5-7-19(17)27/h5-7,10-11,15,30H,4,8-9,12-13H2,1-3H3,(H,28,32)(H,33,34). The Hall–Kier alpha value is -3.69. The van der Waals surface area contributed by atoms with Crippen LogP contribution < -0.4 is 15.4 Å². The van der Waals surface area contributed by atoms with Gasteiger partial charge in [0, 0.05) is 12.7 Å². The van der Waals surface area contributed by atoms with Crippen molar-refractivity contribution in [1.29, 1.82) is 0 Å². The van der Waals surface area contributed by atoms with Crippen molar-refractivity contribution in [2.24, 2.45) is 0 Å². The van der Waals surface area contributed by atoms with E-state index in [0.29, 0.717) is 35.1 Å². The van der Waals surface area contributed by atoms with Gasteiger partial charge in [-0.3, -0.25) is 9.20 Å². The molecule has 1 saturated carbocycles. The van der Waals surface area contributed by atoms with Crippen molar-refractivity contribution in [3.8, 4) is 5.75 Å². The van der Waals surface area contributed by atoms with Crippen LogP contribution in [0.2, 0.25) is 0 Å². The first-order valence-corrected chi connectivity index (χ1v) is 11.5. The minimum absolute atomic E-state index is 0.0829. The molecule has 2 amide bonds. The molecule has 2 heterocycles. The summed E-state index contributed by atoms with van der Waals surface area (Å²) in [5.41, 5.74) is 1.01. The normalized spacial score (nSPS) is 15.0. The predicted molar refractivity (Wildman–Crippen MR) is 125 cm³/mol. The average molecular weight is 487 g/mol. The highest BCUT2D eigenvalue weighted by Gasteiger charge is 2.29. The third-order valence-electron chi connectivity index (χ3n) is 6.41. The fraction of sp³-hybridized carbons (Fsp3) is 0.400. The van der Waals surface area contributed by atoms with Crippen molar-refractivity contribution in [2.75, 3.05) is 6.54 Å². The Morgan fingerprint density at radius 3 is 2.57 bits per heavy atom. The molecule has 1 aliphatic rings. The number of aryl methyl sites for hydroxylation is 1. The topological polar surface area (TPSA) is 105 Å². The molecule has 1 unspecified atom stereocenters. The summed E-state index contributed by atoms with van der Waals surface area (Å²) in [6.45, 7) is 4.98. The molecule has 1 atom stereocenters. The number of ether oxygens (including phenoxy) is 1. The highest BCUT2D eigenvalue weighted by atomic mass is 19.1. The molecule has 35 heavy (non-hydrogen) atoms. The van der Waals surface area contributed by atoms with Crippen LogP contribution in [0.5, 0.6) is 5.75 Å². The first-order chi connectivity index (χ1) is 16.6. The van der Waals surface area contributed by atoms with Crippen molar-refractivity contribution in [3.05, 3.63) is 64.6 Å². The van der Waals surface area contributed by atoms with Crippen LogP contribution in [0.15, 0.2) is 30.5 Å². The zero-order valence-corrected chi connectivity index (χ0v) is 19.8. The smallest absolute Gasteiger partial charge is 0.405 e. The molecule has 0 spiro atoms. The number of pyridine rings is 1. The Bertz CT molecular complexity index is 1270. The summed E-state index contributed by atoms with van der Waals surface area (Å²) in [5, 5.41) is 14.3. The van der Waals surface area contributed by atoms with Crippen LogP contribution in [-0.2, 0) is 6.61 Å². The summed E-state index contributed by atoms with van der Waals surface area (Å²) in [4.78, 5) is 28.8. The minimum atomic E-state index is -1.17. The summed E-state index contributed by atoms with van der Waals surface area (Å²) in [7, 11) is 0. The fourth-order valence-electron chi connectivity index (χ4n) is 3.96. The van der Waals surface area contributed by atoms with Crippen molar-refractivity contribution in [1.82, 2.24) is 20.0 Å². The average Bonchev–Trinajstić information content (AvgIpc) is 3.59. The minimum Gasteiger partial charge on any atom is -0.485 e.